The number of amides is 1. The van der Waals surface area contributed by atoms with Gasteiger partial charge < -0.3 is 14.2 Å². The van der Waals surface area contributed by atoms with Crippen LogP contribution in [0.1, 0.15) is 12.5 Å². The van der Waals surface area contributed by atoms with Gasteiger partial charge >= 0.3 is 0 Å². The first-order valence-electron chi connectivity index (χ1n) is 10.8. The summed E-state index contributed by atoms with van der Waals surface area (Å²) in [5, 5.41) is 4.35. The average molecular weight is 532 g/mol. The van der Waals surface area contributed by atoms with E-state index in [4.69, 9.17) is 25.8 Å². The zero-order chi connectivity index (χ0) is 26.1. The number of para-hydroxylation sites is 2. The molecule has 36 heavy (non-hydrogen) atoms. The van der Waals surface area contributed by atoms with Crippen LogP contribution in [0.15, 0.2) is 76.7 Å². The lowest BCUT2D eigenvalue weighted by atomic mass is 10.2. The van der Waals surface area contributed by atoms with Crippen molar-refractivity contribution in [2.45, 2.75) is 11.8 Å². The van der Waals surface area contributed by atoms with Gasteiger partial charge in [0.2, 0.25) is 0 Å². The second-order valence-corrected chi connectivity index (χ2v) is 9.57. The first kappa shape index (κ1) is 26.8. The maximum Gasteiger partial charge on any atom is 0.264 e. The molecule has 0 unspecified atom stereocenters. The topological polar surface area (TPSA) is 107 Å². The number of benzene rings is 3. The molecule has 3 aromatic carbocycles. The van der Waals surface area contributed by atoms with Gasteiger partial charge in [0.15, 0.2) is 0 Å². The molecule has 3 aromatic rings. The van der Waals surface area contributed by atoms with Gasteiger partial charge in [0.25, 0.3) is 15.9 Å². The summed E-state index contributed by atoms with van der Waals surface area (Å²) in [5.74, 6) is 0.744. The third-order valence-corrected chi connectivity index (χ3v) is 6.98. The van der Waals surface area contributed by atoms with Crippen molar-refractivity contribution in [3.05, 3.63) is 77.3 Å². The van der Waals surface area contributed by atoms with E-state index in [-0.39, 0.29) is 10.6 Å². The zero-order valence-electron chi connectivity index (χ0n) is 20.0. The molecule has 1 amide bonds. The van der Waals surface area contributed by atoms with E-state index in [1.165, 1.54) is 44.7 Å². The summed E-state index contributed by atoms with van der Waals surface area (Å²) in [7, 11) is -1.12. The van der Waals surface area contributed by atoms with Crippen molar-refractivity contribution in [1.29, 1.82) is 0 Å². The highest BCUT2D eigenvalue weighted by Gasteiger charge is 2.29. The van der Waals surface area contributed by atoms with Crippen molar-refractivity contribution >= 4 is 39.4 Å². The van der Waals surface area contributed by atoms with E-state index in [1.807, 2.05) is 0 Å². The molecule has 1 N–H and O–H groups in total. The molecule has 0 aliphatic carbocycles. The molecule has 0 aromatic heterocycles. The van der Waals surface area contributed by atoms with Crippen LogP contribution in [0.25, 0.3) is 0 Å². The summed E-state index contributed by atoms with van der Waals surface area (Å²) in [6.45, 7) is 1.54. The van der Waals surface area contributed by atoms with Gasteiger partial charge in [-0.05, 0) is 55.5 Å². The van der Waals surface area contributed by atoms with Gasteiger partial charge in [-0.3, -0.25) is 9.10 Å². The van der Waals surface area contributed by atoms with Gasteiger partial charge in [-0.15, -0.1) is 0 Å². The first-order chi connectivity index (χ1) is 17.3. The summed E-state index contributed by atoms with van der Waals surface area (Å²) in [6.07, 6.45) is 1.39. The number of anilines is 1. The monoisotopic (exact) mass is 531 g/mol. The molecule has 0 fully saturated rings. The number of nitrogens with zero attached hydrogens (tertiary/aromatic N) is 2. The molecular formula is C25H26ClN3O6S. The number of carbonyl (C=O) groups is 1. The van der Waals surface area contributed by atoms with Crippen molar-refractivity contribution in [2.75, 3.05) is 31.7 Å². The Hall–Kier alpha value is -3.76. The van der Waals surface area contributed by atoms with E-state index in [0.29, 0.717) is 34.4 Å². The number of methoxy groups -OCH3 is 2. The third kappa shape index (κ3) is 6.46. The standard InChI is InChI=1S/C25H26ClN3O6S/c1-4-35-23-8-6-5-7-22(23)29(36(31,32)21-13-10-19(26)11-14-21)17-25(30)28-27-16-18-9-12-20(33-2)15-24(18)34-3/h5-16H,4,17H2,1-3H3,(H,28,30)/b27-16-. The Morgan fingerprint density at radius 3 is 2.42 bits per heavy atom. The molecule has 3 rings (SSSR count). The van der Waals surface area contributed by atoms with Gasteiger partial charge in [-0.1, -0.05) is 23.7 Å². The number of hydrogen-bond donors (Lipinski definition) is 1. The molecule has 0 saturated carbocycles. The smallest absolute Gasteiger partial charge is 0.264 e. The Morgan fingerprint density at radius 2 is 1.75 bits per heavy atom. The Labute approximate surface area is 215 Å². The summed E-state index contributed by atoms with van der Waals surface area (Å²) < 4.78 is 44.2. The van der Waals surface area contributed by atoms with Crippen LogP contribution in [0.4, 0.5) is 5.69 Å². The average Bonchev–Trinajstić information content (AvgIpc) is 2.88. The number of nitrogens with one attached hydrogen (secondary N) is 1. The van der Waals surface area contributed by atoms with Crippen LogP contribution in [-0.4, -0.2) is 47.9 Å². The number of ether oxygens (including phenoxy) is 3. The van der Waals surface area contributed by atoms with Crippen molar-refractivity contribution < 1.29 is 27.4 Å². The molecular weight excluding hydrogens is 506 g/mol. The molecule has 0 aliphatic heterocycles. The lowest BCUT2D eigenvalue weighted by molar-refractivity contribution is -0.119. The number of sulfonamides is 1. The summed E-state index contributed by atoms with van der Waals surface area (Å²) in [5.41, 5.74) is 3.17. The quantitative estimate of drug-likeness (QED) is 0.295. The zero-order valence-corrected chi connectivity index (χ0v) is 21.5. The van der Waals surface area contributed by atoms with Gasteiger partial charge in [0.05, 0.1) is 37.6 Å². The fourth-order valence-electron chi connectivity index (χ4n) is 3.24. The minimum Gasteiger partial charge on any atom is -0.497 e. The Balaban J connectivity index is 1.89. The Kier molecular flexibility index (Phi) is 9.15. The molecule has 0 bridgehead atoms. The molecule has 11 heteroatoms. The number of carbonyl (C=O) groups excluding carboxylic acids is 1. The van der Waals surface area contributed by atoms with E-state index < -0.39 is 22.5 Å². The van der Waals surface area contributed by atoms with Crippen LogP contribution in [0.2, 0.25) is 5.02 Å². The first-order valence-corrected chi connectivity index (χ1v) is 12.7. The number of rotatable bonds is 11. The molecule has 0 atom stereocenters. The SMILES string of the molecule is CCOc1ccccc1N(CC(=O)N/N=C\c1ccc(OC)cc1OC)S(=O)(=O)c1ccc(Cl)cc1. The molecule has 0 radical (unpaired) electrons. The minimum atomic E-state index is -4.15. The van der Waals surface area contributed by atoms with Crippen LogP contribution >= 0.6 is 11.6 Å². The highest BCUT2D eigenvalue weighted by atomic mass is 35.5. The predicted molar refractivity (Wildman–Crippen MR) is 139 cm³/mol. The molecule has 0 heterocycles. The maximum atomic E-state index is 13.6. The summed E-state index contributed by atoms with van der Waals surface area (Å²) >= 11 is 5.93. The van der Waals surface area contributed by atoms with Gasteiger partial charge in [0, 0.05) is 16.7 Å². The molecule has 0 saturated heterocycles. The van der Waals surface area contributed by atoms with E-state index in [9.17, 15) is 13.2 Å². The largest absolute Gasteiger partial charge is 0.497 e. The summed E-state index contributed by atoms with van der Waals surface area (Å²) in [4.78, 5) is 12.8. The Morgan fingerprint density at radius 1 is 1.03 bits per heavy atom. The maximum absolute atomic E-state index is 13.6. The van der Waals surface area contributed by atoms with E-state index >= 15 is 0 Å². The normalized spacial score (nSPS) is 11.2. The van der Waals surface area contributed by atoms with E-state index in [2.05, 4.69) is 10.5 Å². The Bertz CT molecular complexity index is 1330. The summed E-state index contributed by atoms with van der Waals surface area (Å²) in [6, 6.07) is 17.4. The van der Waals surface area contributed by atoms with E-state index in [0.717, 1.165) is 4.31 Å². The van der Waals surface area contributed by atoms with Gasteiger partial charge in [-0.2, -0.15) is 5.10 Å². The number of hydrazone groups is 1. The molecule has 0 aliphatic rings. The highest BCUT2D eigenvalue weighted by Crippen LogP contribution is 2.32. The molecule has 0 spiro atoms. The lowest BCUT2D eigenvalue weighted by Gasteiger charge is -2.25. The van der Waals surface area contributed by atoms with Crippen LogP contribution < -0.4 is 23.9 Å². The fraction of sp³-hybridized carbons (Fsp3) is 0.200. The number of halogens is 1. The van der Waals surface area contributed by atoms with Crippen molar-refractivity contribution in [2.24, 2.45) is 5.10 Å². The highest BCUT2D eigenvalue weighted by molar-refractivity contribution is 7.92. The van der Waals surface area contributed by atoms with Crippen LogP contribution in [0.3, 0.4) is 0 Å². The third-order valence-electron chi connectivity index (χ3n) is 4.96. The fourth-order valence-corrected chi connectivity index (χ4v) is 4.80. The minimum absolute atomic E-state index is 0.0301. The van der Waals surface area contributed by atoms with Crippen molar-refractivity contribution in [3.8, 4) is 17.2 Å². The van der Waals surface area contributed by atoms with Crippen molar-refractivity contribution in [3.63, 3.8) is 0 Å². The number of hydrogen-bond acceptors (Lipinski definition) is 7. The van der Waals surface area contributed by atoms with Gasteiger partial charge in [0.1, 0.15) is 23.8 Å². The van der Waals surface area contributed by atoms with Crippen molar-refractivity contribution in [1.82, 2.24) is 5.43 Å². The van der Waals surface area contributed by atoms with Crippen LogP contribution in [0.5, 0.6) is 17.2 Å². The molecule has 9 nitrogen and oxygen atoms in total. The lowest BCUT2D eigenvalue weighted by Crippen LogP contribution is -2.39. The second-order valence-electron chi connectivity index (χ2n) is 7.27. The molecule has 190 valence electrons. The predicted octanol–water partition coefficient (Wildman–Crippen LogP) is 4.10. The van der Waals surface area contributed by atoms with E-state index in [1.54, 1.807) is 49.4 Å². The van der Waals surface area contributed by atoms with Crippen LogP contribution in [0, 0.1) is 0 Å². The second kappa shape index (κ2) is 12.3. The van der Waals surface area contributed by atoms with Gasteiger partial charge in [-0.25, -0.2) is 13.8 Å². The van der Waals surface area contributed by atoms with Crippen LogP contribution in [-0.2, 0) is 14.8 Å².